The first kappa shape index (κ1) is 15.3. The average molecular weight is 298 g/mol. The van der Waals surface area contributed by atoms with Crippen molar-refractivity contribution < 1.29 is 4.79 Å². The van der Waals surface area contributed by atoms with Gasteiger partial charge in [0.15, 0.2) is 0 Å². The predicted molar refractivity (Wildman–Crippen MR) is 87.2 cm³/mol. The van der Waals surface area contributed by atoms with Crippen LogP contribution in [-0.2, 0) is 13.0 Å². The summed E-state index contributed by atoms with van der Waals surface area (Å²) < 4.78 is 0. The van der Waals surface area contributed by atoms with Gasteiger partial charge in [-0.3, -0.25) is 4.79 Å². The fourth-order valence-corrected chi connectivity index (χ4v) is 2.76. The molecule has 0 aliphatic heterocycles. The summed E-state index contributed by atoms with van der Waals surface area (Å²) in [6, 6.07) is 11.6. The minimum Gasteiger partial charge on any atom is -0.347 e. The first-order valence-corrected chi connectivity index (χ1v) is 7.70. The maximum Gasteiger partial charge on any atom is 0.261 e. The van der Waals surface area contributed by atoms with Crippen molar-refractivity contribution in [1.82, 2.24) is 5.32 Å². The Labute approximate surface area is 129 Å². The highest BCUT2D eigenvalue weighted by molar-refractivity contribution is 7.14. The van der Waals surface area contributed by atoms with Crippen molar-refractivity contribution in [3.63, 3.8) is 0 Å². The number of aryl methyl sites for hydroxylation is 1. The molecule has 0 aliphatic rings. The number of benzene rings is 1. The maximum atomic E-state index is 12.1. The Bertz CT molecular complexity index is 679. The van der Waals surface area contributed by atoms with Gasteiger partial charge < -0.3 is 11.1 Å². The molecule has 0 saturated carbocycles. The summed E-state index contributed by atoms with van der Waals surface area (Å²) in [6.45, 7) is 2.88. The minimum absolute atomic E-state index is 0.0405. The molecule has 0 aliphatic carbocycles. The molecule has 3 nitrogen and oxygen atoms in total. The second-order valence-corrected chi connectivity index (χ2v) is 5.63. The number of nitrogens with two attached hydrogens (primary N) is 1. The summed E-state index contributed by atoms with van der Waals surface area (Å²) in [5.41, 5.74) is 7.30. The third-order valence-corrected chi connectivity index (χ3v) is 4.24. The van der Waals surface area contributed by atoms with E-state index in [1.54, 1.807) is 0 Å². The summed E-state index contributed by atoms with van der Waals surface area (Å²) in [4.78, 5) is 14.1. The summed E-state index contributed by atoms with van der Waals surface area (Å²) in [5, 5.41) is 2.94. The summed E-state index contributed by atoms with van der Waals surface area (Å²) in [7, 11) is 0. The number of nitrogens with one attached hydrogen (secondary N) is 1. The monoisotopic (exact) mass is 298 g/mol. The highest BCUT2D eigenvalue weighted by Crippen LogP contribution is 2.17. The quantitative estimate of drug-likeness (QED) is 0.852. The number of hydrogen-bond acceptors (Lipinski definition) is 3. The molecule has 0 atom stereocenters. The Morgan fingerprint density at radius 1 is 1.29 bits per heavy atom. The van der Waals surface area contributed by atoms with E-state index in [1.165, 1.54) is 16.2 Å². The van der Waals surface area contributed by atoms with Crippen LogP contribution in [0.5, 0.6) is 0 Å². The van der Waals surface area contributed by atoms with Crippen LogP contribution in [0.2, 0.25) is 0 Å². The van der Waals surface area contributed by atoms with Gasteiger partial charge in [-0.1, -0.05) is 37.0 Å². The first-order valence-electron chi connectivity index (χ1n) is 6.88. The molecule has 1 aromatic heterocycles. The third-order valence-electron chi connectivity index (χ3n) is 3.02. The van der Waals surface area contributed by atoms with Gasteiger partial charge in [0.25, 0.3) is 5.91 Å². The zero-order valence-electron chi connectivity index (χ0n) is 12.0. The van der Waals surface area contributed by atoms with Crippen LogP contribution in [0.15, 0.2) is 36.4 Å². The second-order valence-electron chi connectivity index (χ2n) is 4.47. The zero-order valence-corrected chi connectivity index (χ0v) is 12.8. The molecule has 1 amide bonds. The van der Waals surface area contributed by atoms with E-state index >= 15 is 0 Å². The van der Waals surface area contributed by atoms with Crippen molar-refractivity contribution in [2.45, 2.75) is 19.9 Å². The topological polar surface area (TPSA) is 55.1 Å². The molecule has 0 bridgehead atoms. The fraction of sp³-hybridized carbons (Fsp3) is 0.235. The molecular formula is C17H18N2OS. The minimum atomic E-state index is -0.0405. The Morgan fingerprint density at radius 2 is 2.10 bits per heavy atom. The Kier molecular flexibility index (Phi) is 5.56. The van der Waals surface area contributed by atoms with Crippen molar-refractivity contribution in [3.8, 4) is 11.8 Å². The van der Waals surface area contributed by atoms with Crippen LogP contribution in [0.25, 0.3) is 0 Å². The van der Waals surface area contributed by atoms with Crippen LogP contribution in [0, 0.1) is 11.8 Å². The third kappa shape index (κ3) is 4.19. The van der Waals surface area contributed by atoms with Gasteiger partial charge in [-0.2, -0.15) is 0 Å². The largest absolute Gasteiger partial charge is 0.347 e. The number of carbonyl (C=O) groups is 1. The molecule has 4 heteroatoms. The molecule has 0 spiro atoms. The lowest BCUT2D eigenvalue weighted by Crippen LogP contribution is -2.22. The van der Waals surface area contributed by atoms with Crippen LogP contribution in [0.1, 0.15) is 32.6 Å². The second kappa shape index (κ2) is 7.63. The van der Waals surface area contributed by atoms with Gasteiger partial charge in [-0.05, 0) is 30.2 Å². The molecule has 0 saturated heterocycles. The fourth-order valence-electron chi connectivity index (χ4n) is 1.90. The van der Waals surface area contributed by atoms with E-state index in [0.717, 1.165) is 22.4 Å². The maximum absolute atomic E-state index is 12.1. The number of hydrogen-bond donors (Lipinski definition) is 2. The molecule has 1 heterocycles. The van der Waals surface area contributed by atoms with Gasteiger partial charge in [-0.15, -0.1) is 11.3 Å². The van der Waals surface area contributed by atoms with Crippen molar-refractivity contribution in [1.29, 1.82) is 0 Å². The summed E-state index contributed by atoms with van der Waals surface area (Å²) >= 11 is 1.54. The van der Waals surface area contributed by atoms with E-state index in [1.807, 2.05) is 36.4 Å². The predicted octanol–water partition coefficient (Wildman–Crippen LogP) is 2.55. The van der Waals surface area contributed by atoms with Crippen LogP contribution in [0.4, 0.5) is 0 Å². The lowest BCUT2D eigenvalue weighted by Gasteiger charge is -2.06. The first-order chi connectivity index (χ1) is 10.2. The van der Waals surface area contributed by atoms with Crippen LogP contribution < -0.4 is 11.1 Å². The van der Waals surface area contributed by atoms with Crippen molar-refractivity contribution in [3.05, 3.63) is 57.3 Å². The lowest BCUT2D eigenvalue weighted by atomic mass is 10.1. The van der Waals surface area contributed by atoms with Gasteiger partial charge in [0.2, 0.25) is 0 Å². The van der Waals surface area contributed by atoms with Gasteiger partial charge in [0.05, 0.1) is 11.4 Å². The number of thiophene rings is 1. The smallest absolute Gasteiger partial charge is 0.261 e. The number of rotatable bonds is 4. The molecule has 3 N–H and O–H groups in total. The molecule has 0 fully saturated rings. The normalized spacial score (nSPS) is 9.81. The van der Waals surface area contributed by atoms with Crippen molar-refractivity contribution in [2.24, 2.45) is 5.73 Å². The van der Waals surface area contributed by atoms with E-state index < -0.39 is 0 Å². The van der Waals surface area contributed by atoms with E-state index in [-0.39, 0.29) is 5.91 Å². The van der Waals surface area contributed by atoms with E-state index in [2.05, 4.69) is 24.1 Å². The molecule has 2 aromatic rings. The van der Waals surface area contributed by atoms with E-state index in [9.17, 15) is 4.79 Å². The average Bonchev–Trinajstić information content (AvgIpc) is 3.00. The molecule has 1 aromatic carbocycles. The van der Waals surface area contributed by atoms with E-state index in [4.69, 9.17) is 5.73 Å². The molecule has 2 rings (SSSR count). The van der Waals surface area contributed by atoms with Crippen molar-refractivity contribution >= 4 is 17.2 Å². The van der Waals surface area contributed by atoms with E-state index in [0.29, 0.717) is 13.1 Å². The Balaban J connectivity index is 2.04. The zero-order chi connectivity index (χ0) is 15.1. The van der Waals surface area contributed by atoms with Crippen molar-refractivity contribution in [2.75, 3.05) is 6.54 Å². The SMILES string of the molecule is CCc1ccc(C(=O)NCc2ccccc2C#CCN)s1. The molecular weight excluding hydrogens is 280 g/mol. The van der Waals surface area contributed by atoms with Crippen LogP contribution in [-0.4, -0.2) is 12.5 Å². The highest BCUT2D eigenvalue weighted by atomic mass is 32.1. The molecule has 108 valence electrons. The summed E-state index contributed by atoms with van der Waals surface area (Å²) in [5.74, 6) is 5.83. The van der Waals surface area contributed by atoms with Crippen LogP contribution >= 0.6 is 11.3 Å². The van der Waals surface area contributed by atoms with Gasteiger partial charge in [-0.25, -0.2) is 0 Å². The molecule has 0 radical (unpaired) electrons. The van der Waals surface area contributed by atoms with Gasteiger partial charge in [0, 0.05) is 17.0 Å². The molecule has 0 unspecified atom stereocenters. The highest BCUT2D eigenvalue weighted by Gasteiger charge is 2.09. The Hall–Kier alpha value is -2.09. The van der Waals surface area contributed by atoms with Gasteiger partial charge in [0.1, 0.15) is 0 Å². The summed E-state index contributed by atoms with van der Waals surface area (Å²) in [6.07, 6.45) is 0.954. The lowest BCUT2D eigenvalue weighted by molar-refractivity contribution is 0.0955. The number of carbonyl (C=O) groups excluding carboxylic acids is 1. The molecule has 21 heavy (non-hydrogen) atoms. The standard InChI is InChI=1S/C17H18N2OS/c1-2-15-9-10-16(21-15)17(20)19-12-14-7-4-3-6-13(14)8-5-11-18/h3-4,6-7,9-10H,2,11-12,18H2,1H3,(H,19,20). The van der Waals surface area contributed by atoms with Gasteiger partial charge >= 0.3 is 0 Å². The number of amides is 1. The van der Waals surface area contributed by atoms with Crippen LogP contribution in [0.3, 0.4) is 0 Å². The Morgan fingerprint density at radius 3 is 2.81 bits per heavy atom.